The van der Waals surface area contributed by atoms with Crippen LogP contribution in [0.3, 0.4) is 0 Å². The Balaban J connectivity index is 1.51. The summed E-state index contributed by atoms with van der Waals surface area (Å²) in [7, 11) is 1.61. The van der Waals surface area contributed by atoms with Crippen LogP contribution >= 0.6 is 11.6 Å². The Bertz CT molecular complexity index is 937. The summed E-state index contributed by atoms with van der Waals surface area (Å²) in [6, 6.07) is 21.7. The van der Waals surface area contributed by atoms with Gasteiger partial charge in [0.25, 0.3) is 5.91 Å². The summed E-state index contributed by atoms with van der Waals surface area (Å²) in [5, 5.41) is 4.66. The third-order valence-corrected chi connectivity index (χ3v) is 4.18. The average Bonchev–Trinajstić information content (AvgIpc) is 2.74. The zero-order valence-electron chi connectivity index (χ0n) is 15.3. The van der Waals surface area contributed by atoms with Crippen LogP contribution in [0, 0.1) is 0 Å². The van der Waals surface area contributed by atoms with Crippen molar-refractivity contribution in [1.29, 1.82) is 0 Å². The van der Waals surface area contributed by atoms with Gasteiger partial charge in [-0.05, 0) is 71.8 Å². The molecular formula is C22H19ClN2O3. The summed E-state index contributed by atoms with van der Waals surface area (Å²) in [6.45, 7) is 0.425. The molecule has 3 rings (SSSR count). The topological polar surface area (TPSA) is 59.9 Å². The number of nitrogens with one attached hydrogen (secondary N) is 1. The fourth-order valence-corrected chi connectivity index (χ4v) is 2.50. The molecule has 0 saturated carbocycles. The Morgan fingerprint density at radius 1 is 0.964 bits per heavy atom. The molecule has 1 amide bonds. The maximum Gasteiger partial charge on any atom is 0.271 e. The van der Waals surface area contributed by atoms with Crippen LogP contribution in [-0.2, 0) is 6.61 Å². The van der Waals surface area contributed by atoms with Gasteiger partial charge in [-0.3, -0.25) is 4.79 Å². The van der Waals surface area contributed by atoms with E-state index >= 15 is 0 Å². The molecule has 0 unspecified atom stereocenters. The zero-order valence-corrected chi connectivity index (χ0v) is 16.0. The van der Waals surface area contributed by atoms with Crippen LogP contribution in [0.1, 0.15) is 21.5 Å². The smallest absolute Gasteiger partial charge is 0.271 e. The highest BCUT2D eigenvalue weighted by atomic mass is 35.5. The molecule has 0 aliphatic carbocycles. The Hall–Kier alpha value is -3.31. The van der Waals surface area contributed by atoms with E-state index in [1.165, 1.54) is 0 Å². The maximum atomic E-state index is 12.2. The van der Waals surface area contributed by atoms with E-state index in [1.807, 2.05) is 48.5 Å². The summed E-state index contributed by atoms with van der Waals surface area (Å²) in [6.07, 6.45) is 1.57. The van der Waals surface area contributed by atoms with Gasteiger partial charge in [0.15, 0.2) is 0 Å². The van der Waals surface area contributed by atoms with E-state index in [2.05, 4.69) is 10.5 Å². The lowest BCUT2D eigenvalue weighted by atomic mass is 10.2. The van der Waals surface area contributed by atoms with E-state index in [1.54, 1.807) is 37.6 Å². The van der Waals surface area contributed by atoms with Crippen molar-refractivity contribution in [3.05, 3.63) is 94.5 Å². The molecule has 5 nitrogen and oxygen atoms in total. The first-order valence-electron chi connectivity index (χ1n) is 8.59. The molecule has 3 aromatic carbocycles. The molecule has 142 valence electrons. The van der Waals surface area contributed by atoms with Gasteiger partial charge in [-0.1, -0.05) is 23.7 Å². The van der Waals surface area contributed by atoms with Crippen molar-refractivity contribution < 1.29 is 14.3 Å². The van der Waals surface area contributed by atoms with Crippen molar-refractivity contribution in [2.24, 2.45) is 5.10 Å². The third-order valence-electron chi connectivity index (χ3n) is 3.93. The van der Waals surface area contributed by atoms with Gasteiger partial charge in [-0.2, -0.15) is 5.10 Å². The van der Waals surface area contributed by atoms with Crippen LogP contribution in [0.2, 0.25) is 5.02 Å². The normalized spacial score (nSPS) is 10.6. The standard InChI is InChI=1S/C22H19ClN2O3/c1-27-20-10-4-16(5-11-20)14-24-25-22(26)18-6-12-21(13-7-18)28-15-17-2-8-19(23)9-3-17/h2-14H,15H2,1H3,(H,25,26)/b24-14-. The van der Waals surface area contributed by atoms with Gasteiger partial charge < -0.3 is 9.47 Å². The first-order chi connectivity index (χ1) is 13.6. The molecule has 0 saturated heterocycles. The zero-order chi connectivity index (χ0) is 19.8. The van der Waals surface area contributed by atoms with Gasteiger partial charge >= 0.3 is 0 Å². The molecule has 0 heterocycles. The van der Waals surface area contributed by atoms with Crippen molar-refractivity contribution >= 4 is 23.7 Å². The predicted molar refractivity (Wildman–Crippen MR) is 110 cm³/mol. The minimum Gasteiger partial charge on any atom is -0.497 e. The first-order valence-corrected chi connectivity index (χ1v) is 8.96. The molecule has 0 fully saturated rings. The molecule has 0 aliphatic rings. The van der Waals surface area contributed by atoms with Crippen LogP contribution in [-0.4, -0.2) is 19.2 Å². The van der Waals surface area contributed by atoms with E-state index in [-0.39, 0.29) is 5.91 Å². The van der Waals surface area contributed by atoms with Crippen LogP contribution in [0.15, 0.2) is 77.9 Å². The van der Waals surface area contributed by atoms with E-state index in [0.717, 1.165) is 16.9 Å². The quantitative estimate of drug-likeness (QED) is 0.467. The number of amides is 1. The minimum atomic E-state index is -0.297. The fraction of sp³-hybridized carbons (Fsp3) is 0.0909. The highest BCUT2D eigenvalue weighted by Gasteiger charge is 2.04. The monoisotopic (exact) mass is 394 g/mol. The molecule has 1 N–H and O–H groups in total. The van der Waals surface area contributed by atoms with Crippen LogP contribution in [0.5, 0.6) is 11.5 Å². The number of ether oxygens (including phenoxy) is 2. The highest BCUT2D eigenvalue weighted by Crippen LogP contribution is 2.16. The van der Waals surface area contributed by atoms with Gasteiger partial charge in [-0.15, -0.1) is 0 Å². The molecule has 0 atom stereocenters. The summed E-state index contributed by atoms with van der Waals surface area (Å²) in [4.78, 5) is 12.2. The molecule has 0 aliphatic heterocycles. The predicted octanol–water partition coefficient (Wildman–Crippen LogP) is 4.69. The molecule has 3 aromatic rings. The Kier molecular flexibility index (Phi) is 6.65. The Morgan fingerprint density at radius 3 is 2.25 bits per heavy atom. The Labute approximate surface area is 168 Å². The van der Waals surface area contributed by atoms with E-state index in [0.29, 0.717) is 22.9 Å². The number of rotatable bonds is 7. The molecule has 28 heavy (non-hydrogen) atoms. The largest absolute Gasteiger partial charge is 0.497 e. The number of methoxy groups -OCH3 is 1. The van der Waals surface area contributed by atoms with Gasteiger partial charge in [-0.25, -0.2) is 5.43 Å². The van der Waals surface area contributed by atoms with Crippen LogP contribution in [0.25, 0.3) is 0 Å². The second kappa shape index (κ2) is 9.58. The summed E-state index contributed by atoms with van der Waals surface area (Å²) >= 11 is 5.87. The molecule has 0 radical (unpaired) electrons. The lowest BCUT2D eigenvalue weighted by molar-refractivity contribution is 0.0955. The first kappa shape index (κ1) is 19.5. The SMILES string of the molecule is COc1ccc(/C=N\NC(=O)c2ccc(OCc3ccc(Cl)cc3)cc2)cc1. The van der Waals surface area contributed by atoms with Gasteiger partial charge in [0.2, 0.25) is 0 Å². The molecule has 6 heteroatoms. The number of benzene rings is 3. The van der Waals surface area contributed by atoms with Crippen molar-refractivity contribution in [3.8, 4) is 11.5 Å². The van der Waals surface area contributed by atoms with Crippen molar-refractivity contribution in [1.82, 2.24) is 5.43 Å². The van der Waals surface area contributed by atoms with Crippen molar-refractivity contribution in [3.63, 3.8) is 0 Å². The van der Waals surface area contributed by atoms with E-state index < -0.39 is 0 Å². The number of nitrogens with zero attached hydrogens (tertiary/aromatic N) is 1. The summed E-state index contributed by atoms with van der Waals surface area (Å²) in [5.74, 6) is 1.14. The third kappa shape index (κ3) is 5.59. The molecule has 0 aromatic heterocycles. The minimum absolute atomic E-state index is 0.297. The second-order valence-electron chi connectivity index (χ2n) is 5.91. The number of carbonyl (C=O) groups excluding carboxylic acids is 1. The van der Waals surface area contributed by atoms with Gasteiger partial charge in [0, 0.05) is 10.6 Å². The Morgan fingerprint density at radius 2 is 1.61 bits per heavy atom. The fourth-order valence-electron chi connectivity index (χ4n) is 2.37. The van der Waals surface area contributed by atoms with Gasteiger partial charge in [0.1, 0.15) is 18.1 Å². The van der Waals surface area contributed by atoms with Crippen LogP contribution < -0.4 is 14.9 Å². The average molecular weight is 395 g/mol. The number of halogens is 1. The van der Waals surface area contributed by atoms with Gasteiger partial charge in [0.05, 0.1) is 13.3 Å². The number of carbonyl (C=O) groups is 1. The summed E-state index contributed by atoms with van der Waals surface area (Å²) in [5.41, 5.74) is 4.86. The molecule has 0 spiro atoms. The van der Waals surface area contributed by atoms with Crippen molar-refractivity contribution in [2.45, 2.75) is 6.61 Å². The molecular weight excluding hydrogens is 376 g/mol. The van der Waals surface area contributed by atoms with Crippen molar-refractivity contribution in [2.75, 3.05) is 7.11 Å². The lowest BCUT2D eigenvalue weighted by Gasteiger charge is -2.07. The van der Waals surface area contributed by atoms with Crippen LogP contribution in [0.4, 0.5) is 0 Å². The maximum absolute atomic E-state index is 12.2. The second-order valence-corrected chi connectivity index (χ2v) is 6.35. The van der Waals surface area contributed by atoms with E-state index in [4.69, 9.17) is 21.1 Å². The van der Waals surface area contributed by atoms with E-state index in [9.17, 15) is 4.79 Å². The lowest BCUT2D eigenvalue weighted by Crippen LogP contribution is -2.17. The number of hydrazone groups is 1. The number of hydrogen-bond donors (Lipinski definition) is 1. The number of hydrogen-bond acceptors (Lipinski definition) is 4. The highest BCUT2D eigenvalue weighted by molar-refractivity contribution is 6.30. The summed E-state index contributed by atoms with van der Waals surface area (Å²) < 4.78 is 10.8. The molecule has 0 bridgehead atoms.